The molecule has 0 bridgehead atoms. The number of amides is 1. The van der Waals surface area contributed by atoms with Gasteiger partial charge in [-0.05, 0) is 74.1 Å². The number of hydrogen-bond donors (Lipinski definition) is 2. The average molecular weight is 556 g/mol. The molecule has 1 aliphatic rings. The van der Waals surface area contributed by atoms with Crippen LogP contribution < -0.4 is 10.0 Å². The molecule has 1 amide bonds. The van der Waals surface area contributed by atoms with Gasteiger partial charge in [0.25, 0.3) is 10.0 Å². The Kier molecular flexibility index (Phi) is 8.86. The third kappa shape index (κ3) is 7.21. The molecule has 3 aromatic rings. The lowest BCUT2D eigenvalue weighted by Gasteiger charge is -2.31. The first-order valence-electron chi connectivity index (χ1n) is 12.7. The molecule has 0 radical (unpaired) electrons. The molecule has 0 aliphatic carbocycles. The van der Waals surface area contributed by atoms with E-state index < -0.39 is 26.0 Å². The smallest absolute Gasteiger partial charge is 0.261 e. The van der Waals surface area contributed by atoms with E-state index in [2.05, 4.69) is 10.0 Å². The first-order valence-corrected chi connectivity index (χ1v) is 15.7. The number of para-hydroxylation sites is 1. The summed E-state index contributed by atoms with van der Waals surface area (Å²) in [5, 5.41) is 2.81. The van der Waals surface area contributed by atoms with Crippen LogP contribution in [0.25, 0.3) is 0 Å². The minimum atomic E-state index is -3.79. The zero-order valence-corrected chi connectivity index (χ0v) is 23.0. The van der Waals surface area contributed by atoms with Gasteiger partial charge in [-0.3, -0.25) is 9.52 Å². The van der Waals surface area contributed by atoms with Crippen molar-refractivity contribution < 1.29 is 21.6 Å². The molecule has 4 rings (SSSR count). The molecule has 38 heavy (non-hydrogen) atoms. The minimum Gasteiger partial charge on any atom is -0.326 e. The van der Waals surface area contributed by atoms with Gasteiger partial charge in [-0.25, -0.2) is 21.1 Å². The number of benzene rings is 3. The van der Waals surface area contributed by atoms with Gasteiger partial charge in [0, 0.05) is 18.8 Å². The molecule has 1 atom stereocenters. The van der Waals surface area contributed by atoms with Gasteiger partial charge in [-0.1, -0.05) is 48.5 Å². The first kappa shape index (κ1) is 27.8. The number of sulfonamides is 2. The van der Waals surface area contributed by atoms with Crippen LogP contribution in [-0.2, 0) is 31.3 Å². The summed E-state index contributed by atoms with van der Waals surface area (Å²) < 4.78 is 55.4. The normalized spacial score (nSPS) is 16.6. The van der Waals surface area contributed by atoms with Crippen molar-refractivity contribution in [2.75, 3.05) is 28.9 Å². The number of anilines is 2. The van der Waals surface area contributed by atoms with Crippen LogP contribution in [0.2, 0.25) is 0 Å². The maximum absolute atomic E-state index is 12.9. The van der Waals surface area contributed by atoms with Crippen molar-refractivity contribution in [1.29, 1.82) is 0 Å². The average Bonchev–Trinajstić information content (AvgIpc) is 2.91. The number of nitrogens with zero attached hydrogens (tertiary/aromatic N) is 1. The lowest BCUT2D eigenvalue weighted by molar-refractivity contribution is -0.120. The monoisotopic (exact) mass is 555 g/mol. The summed E-state index contributed by atoms with van der Waals surface area (Å²) in [6, 6.07) is 22.8. The predicted molar refractivity (Wildman–Crippen MR) is 150 cm³/mol. The molecular weight excluding hydrogens is 522 g/mol. The lowest BCUT2D eigenvalue weighted by Crippen LogP contribution is -2.44. The number of carbonyl (C=O) groups is 1. The fourth-order valence-corrected chi connectivity index (χ4v) is 7.21. The molecule has 0 spiro atoms. The second kappa shape index (κ2) is 12.1. The highest BCUT2D eigenvalue weighted by Gasteiger charge is 2.32. The highest BCUT2D eigenvalue weighted by molar-refractivity contribution is 7.92. The van der Waals surface area contributed by atoms with E-state index in [9.17, 15) is 21.6 Å². The SMILES string of the molecule is Cc1ccccc1NS(=O)(=O)c1ccc(NC(=O)[C@@H]2CCCN(S(=O)(=O)CCCc3ccccc3)C2)cc1. The molecule has 202 valence electrons. The zero-order valence-electron chi connectivity index (χ0n) is 21.3. The molecule has 1 saturated heterocycles. The van der Waals surface area contributed by atoms with Crippen LogP contribution in [0.5, 0.6) is 0 Å². The van der Waals surface area contributed by atoms with E-state index in [-0.39, 0.29) is 23.1 Å². The van der Waals surface area contributed by atoms with Crippen LogP contribution in [0.4, 0.5) is 11.4 Å². The van der Waals surface area contributed by atoms with Gasteiger partial charge in [0.05, 0.1) is 22.3 Å². The zero-order chi connectivity index (χ0) is 27.2. The molecule has 2 N–H and O–H groups in total. The standard InChI is InChI=1S/C28H33N3O5S2/c1-22-9-5-6-14-27(22)30-38(35,36)26-17-15-25(16-18-26)29-28(32)24-13-7-19-31(21-24)37(33,34)20-8-12-23-10-3-2-4-11-23/h2-6,9-11,14-18,24,30H,7-8,12-13,19-21H2,1H3,(H,29,32)/t24-/m1/s1. The number of nitrogens with one attached hydrogen (secondary N) is 2. The Hall–Kier alpha value is -3.21. The molecular formula is C28H33N3O5S2. The predicted octanol–water partition coefficient (Wildman–Crippen LogP) is 4.41. The van der Waals surface area contributed by atoms with Crippen molar-refractivity contribution in [2.24, 2.45) is 5.92 Å². The third-order valence-corrected chi connectivity index (χ3v) is 9.98. The van der Waals surface area contributed by atoms with E-state index >= 15 is 0 Å². The van der Waals surface area contributed by atoms with E-state index in [4.69, 9.17) is 0 Å². The van der Waals surface area contributed by atoms with Gasteiger partial charge in [0.15, 0.2) is 0 Å². The van der Waals surface area contributed by atoms with E-state index in [1.165, 1.54) is 28.6 Å². The van der Waals surface area contributed by atoms with Crippen molar-refractivity contribution in [3.63, 3.8) is 0 Å². The van der Waals surface area contributed by atoms with E-state index in [0.29, 0.717) is 43.6 Å². The molecule has 3 aromatic carbocycles. The van der Waals surface area contributed by atoms with Crippen LogP contribution in [0, 0.1) is 12.8 Å². The quantitative estimate of drug-likeness (QED) is 0.385. The van der Waals surface area contributed by atoms with Crippen LogP contribution in [0.3, 0.4) is 0 Å². The Morgan fingerprint density at radius 1 is 0.921 bits per heavy atom. The van der Waals surface area contributed by atoms with Gasteiger partial charge in [-0.15, -0.1) is 0 Å². The highest BCUT2D eigenvalue weighted by Crippen LogP contribution is 2.24. The van der Waals surface area contributed by atoms with Crippen LogP contribution in [-0.4, -0.2) is 45.9 Å². The highest BCUT2D eigenvalue weighted by atomic mass is 32.2. The molecule has 0 unspecified atom stereocenters. The Labute approximate surface area is 225 Å². The Morgan fingerprint density at radius 3 is 2.32 bits per heavy atom. The lowest BCUT2D eigenvalue weighted by atomic mass is 9.99. The van der Waals surface area contributed by atoms with Crippen LogP contribution in [0.1, 0.15) is 30.4 Å². The number of piperidine rings is 1. The summed E-state index contributed by atoms with van der Waals surface area (Å²) in [4.78, 5) is 13.0. The Balaban J connectivity index is 1.32. The number of aryl methyl sites for hydroxylation is 2. The van der Waals surface area contributed by atoms with Crippen molar-refractivity contribution in [3.05, 3.63) is 90.0 Å². The molecule has 10 heteroatoms. The number of carbonyl (C=O) groups excluding carboxylic acids is 1. The molecule has 1 fully saturated rings. The fourth-order valence-electron chi connectivity index (χ4n) is 4.49. The molecule has 1 heterocycles. The van der Waals surface area contributed by atoms with Gasteiger partial charge >= 0.3 is 0 Å². The summed E-state index contributed by atoms with van der Waals surface area (Å²) in [6.07, 6.45) is 2.41. The van der Waals surface area contributed by atoms with Gasteiger partial charge in [-0.2, -0.15) is 0 Å². The first-order chi connectivity index (χ1) is 18.1. The summed E-state index contributed by atoms with van der Waals surface area (Å²) in [5.41, 5.74) is 2.86. The fraction of sp³-hybridized carbons (Fsp3) is 0.321. The third-order valence-electron chi connectivity index (χ3n) is 6.68. The molecule has 1 aliphatic heterocycles. The van der Waals surface area contributed by atoms with E-state index in [1.807, 2.05) is 49.4 Å². The van der Waals surface area contributed by atoms with Crippen molar-refractivity contribution in [3.8, 4) is 0 Å². The van der Waals surface area contributed by atoms with Crippen molar-refractivity contribution in [2.45, 2.75) is 37.5 Å². The summed E-state index contributed by atoms with van der Waals surface area (Å²) in [5.74, 6) is -0.704. The van der Waals surface area contributed by atoms with Gasteiger partial charge < -0.3 is 5.32 Å². The molecule has 0 saturated carbocycles. The van der Waals surface area contributed by atoms with Gasteiger partial charge in [0.2, 0.25) is 15.9 Å². The maximum Gasteiger partial charge on any atom is 0.261 e. The van der Waals surface area contributed by atoms with E-state index in [0.717, 1.165) is 11.1 Å². The summed E-state index contributed by atoms with van der Waals surface area (Å²) in [6.45, 7) is 2.38. The number of rotatable bonds is 10. The second-order valence-corrected chi connectivity index (χ2v) is 13.3. The topological polar surface area (TPSA) is 113 Å². The second-order valence-electron chi connectivity index (χ2n) is 9.54. The number of hydrogen-bond acceptors (Lipinski definition) is 5. The largest absolute Gasteiger partial charge is 0.326 e. The Morgan fingerprint density at radius 2 is 1.61 bits per heavy atom. The summed E-state index contributed by atoms with van der Waals surface area (Å²) >= 11 is 0. The molecule has 8 nitrogen and oxygen atoms in total. The van der Waals surface area contributed by atoms with Crippen molar-refractivity contribution in [1.82, 2.24) is 4.31 Å². The van der Waals surface area contributed by atoms with Gasteiger partial charge in [0.1, 0.15) is 0 Å². The van der Waals surface area contributed by atoms with E-state index in [1.54, 1.807) is 12.1 Å². The summed E-state index contributed by atoms with van der Waals surface area (Å²) in [7, 11) is -7.25. The molecule has 0 aromatic heterocycles. The van der Waals surface area contributed by atoms with Crippen LogP contribution in [0.15, 0.2) is 83.8 Å². The Bertz CT molecular complexity index is 1460. The van der Waals surface area contributed by atoms with Crippen molar-refractivity contribution >= 4 is 37.3 Å². The van der Waals surface area contributed by atoms with Crippen LogP contribution >= 0.6 is 0 Å². The minimum absolute atomic E-state index is 0.0444. The maximum atomic E-state index is 12.9.